The molecule has 10 heteroatoms. The van der Waals surface area contributed by atoms with E-state index in [-0.39, 0.29) is 16.8 Å². The molecule has 0 saturated carbocycles. The number of nitrogens with zero attached hydrogens (tertiary/aromatic N) is 3. The Balaban J connectivity index is 1.61. The molecule has 0 aliphatic heterocycles. The first-order valence-electron chi connectivity index (χ1n) is 7.74. The third-order valence-corrected chi connectivity index (χ3v) is 4.68. The van der Waals surface area contributed by atoms with Crippen molar-refractivity contribution < 1.29 is 14.1 Å². The Kier molecular flexibility index (Phi) is 5.72. The van der Waals surface area contributed by atoms with Gasteiger partial charge in [0.25, 0.3) is 10.9 Å². The van der Waals surface area contributed by atoms with Crippen LogP contribution in [0.3, 0.4) is 0 Å². The molecule has 0 fully saturated rings. The molecule has 1 unspecified atom stereocenters. The molecule has 0 radical (unpaired) electrons. The number of benzene rings is 2. The van der Waals surface area contributed by atoms with E-state index in [1.54, 1.807) is 31.2 Å². The van der Waals surface area contributed by atoms with E-state index in [0.29, 0.717) is 16.6 Å². The number of rotatable bonds is 6. The molecule has 8 nitrogen and oxygen atoms in total. The molecule has 3 rings (SSSR count). The second-order valence-electron chi connectivity index (χ2n) is 5.43. The van der Waals surface area contributed by atoms with Crippen LogP contribution in [0.5, 0.6) is 0 Å². The molecular formula is C17H13ClN4O4S. The van der Waals surface area contributed by atoms with Crippen LogP contribution < -0.4 is 5.32 Å². The number of hydrogen-bond acceptors (Lipinski definition) is 7. The first-order chi connectivity index (χ1) is 12.9. The molecule has 1 amide bonds. The SMILES string of the molecule is CC(Sc1nnc(-c2ccc(Cl)cc2)o1)C(=O)Nc1ccc([N+](=O)[O-])cc1. The lowest BCUT2D eigenvalue weighted by atomic mass is 10.2. The maximum Gasteiger partial charge on any atom is 0.277 e. The van der Waals surface area contributed by atoms with Gasteiger partial charge in [0.2, 0.25) is 11.8 Å². The van der Waals surface area contributed by atoms with Crippen molar-refractivity contribution in [2.75, 3.05) is 5.32 Å². The van der Waals surface area contributed by atoms with Crippen molar-refractivity contribution in [3.8, 4) is 11.5 Å². The van der Waals surface area contributed by atoms with Crippen molar-refractivity contribution in [1.82, 2.24) is 10.2 Å². The molecule has 1 atom stereocenters. The highest BCUT2D eigenvalue weighted by Gasteiger charge is 2.19. The predicted molar refractivity (Wildman–Crippen MR) is 102 cm³/mol. The highest BCUT2D eigenvalue weighted by molar-refractivity contribution is 8.00. The van der Waals surface area contributed by atoms with Gasteiger partial charge in [0.05, 0.1) is 10.2 Å². The lowest BCUT2D eigenvalue weighted by Crippen LogP contribution is -2.22. The van der Waals surface area contributed by atoms with Crippen molar-refractivity contribution in [3.63, 3.8) is 0 Å². The summed E-state index contributed by atoms with van der Waals surface area (Å²) in [5.74, 6) is 0.0391. The molecule has 1 heterocycles. The summed E-state index contributed by atoms with van der Waals surface area (Å²) in [6.07, 6.45) is 0. The zero-order valence-electron chi connectivity index (χ0n) is 14.0. The Morgan fingerprint density at radius 1 is 1.19 bits per heavy atom. The molecule has 3 aromatic rings. The Morgan fingerprint density at radius 2 is 1.85 bits per heavy atom. The summed E-state index contributed by atoms with van der Waals surface area (Å²) in [6, 6.07) is 12.5. The molecule has 0 saturated heterocycles. The van der Waals surface area contributed by atoms with E-state index in [4.69, 9.17) is 16.0 Å². The molecule has 27 heavy (non-hydrogen) atoms. The number of anilines is 1. The van der Waals surface area contributed by atoms with Crippen LogP contribution in [0.15, 0.2) is 58.2 Å². The van der Waals surface area contributed by atoms with Gasteiger partial charge < -0.3 is 9.73 Å². The number of thioether (sulfide) groups is 1. The lowest BCUT2D eigenvalue weighted by Gasteiger charge is -2.09. The van der Waals surface area contributed by atoms with Gasteiger partial charge in [0, 0.05) is 28.4 Å². The number of non-ortho nitro benzene ring substituents is 1. The van der Waals surface area contributed by atoms with E-state index < -0.39 is 10.2 Å². The number of amides is 1. The molecule has 2 aromatic carbocycles. The van der Waals surface area contributed by atoms with Gasteiger partial charge in [-0.3, -0.25) is 14.9 Å². The van der Waals surface area contributed by atoms with Crippen molar-refractivity contribution >= 4 is 40.6 Å². The molecule has 0 spiro atoms. The summed E-state index contributed by atoms with van der Waals surface area (Å²) in [4.78, 5) is 22.4. The average molecular weight is 405 g/mol. The summed E-state index contributed by atoms with van der Waals surface area (Å²) in [5.41, 5.74) is 1.14. The molecule has 1 aromatic heterocycles. The number of carbonyl (C=O) groups is 1. The van der Waals surface area contributed by atoms with Crippen LogP contribution in [0.1, 0.15) is 6.92 Å². The monoisotopic (exact) mass is 404 g/mol. The Labute approximate surface area is 163 Å². The average Bonchev–Trinajstić information content (AvgIpc) is 3.11. The molecule has 0 aliphatic carbocycles. The minimum atomic E-state index is -0.515. The highest BCUT2D eigenvalue weighted by atomic mass is 35.5. The van der Waals surface area contributed by atoms with Crippen molar-refractivity contribution in [2.45, 2.75) is 17.4 Å². The van der Waals surface area contributed by atoms with Gasteiger partial charge in [-0.15, -0.1) is 10.2 Å². The fourth-order valence-corrected chi connectivity index (χ4v) is 2.89. The third kappa shape index (κ3) is 4.83. The Hall–Kier alpha value is -2.91. The van der Waals surface area contributed by atoms with Crippen molar-refractivity contribution in [3.05, 3.63) is 63.7 Å². The molecule has 1 N–H and O–H groups in total. The van der Waals surface area contributed by atoms with E-state index >= 15 is 0 Å². The number of nitrogens with one attached hydrogen (secondary N) is 1. The van der Waals surface area contributed by atoms with Gasteiger partial charge in [-0.05, 0) is 43.3 Å². The number of nitro groups is 1. The maximum atomic E-state index is 12.3. The largest absolute Gasteiger partial charge is 0.411 e. The van der Waals surface area contributed by atoms with E-state index in [1.165, 1.54) is 24.3 Å². The fraction of sp³-hybridized carbons (Fsp3) is 0.118. The van der Waals surface area contributed by atoms with Crippen LogP contribution in [0.25, 0.3) is 11.5 Å². The van der Waals surface area contributed by atoms with Crippen LogP contribution in [-0.4, -0.2) is 26.3 Å². The van der Waals surface area contributed by atoms with Crippen LogP contribution in [0, 0.1) is 10.1 Å². The topological polar surface area (TPSA) is 111 Å². The van der Waals surface area contributed by atoms with Crippen LogP contribution in [-0.2, 0) is 4.79 Å². The second-order valence-corrected chi connectivity index (χ2v) is 7.16. The molecule has 138 valence electrons. The fourth-order valence-electron chi connectivity index (χ4n) is 2.08. The van der Waals surface area contributed by atoms with E-state index in [9.17, 15) is 14.9 Å². The number of hydrogen-bond donors (Lipinski definition) is 1. The van der Waals surface area contributed by atoms with Gasteiger partial charge in [-0.1, -0.05) is 23.4 Å². The second kappa shape index (κ2) is 8.19. The molecule has 0 aliphatic rings. The third-order valence-electron chi connectivity index (χ3n) is 3.49. The van der Waals surface area contributed by atoms with Gasteiger partial charge in [0.15, 0.2) is 0 Å². The zero-order valence-corrected chi connectivity index (χ0v) is 15.5. The van der Waals surface area contributed by atoms with Gasteiger partial charge in [0.1, 0.15) is 0 Å². The number of halogens is 1. The van der Waals surface area contributed by atoms with Crippen LogP contribution >= 0.6 is 23.4 Å². The number of carbonyl (C=O) groups excluding carboxylic acids is 1. The molecular weight excluding hydrogens is 392 g/mol. The summed E-state index contributed by atoms with van der Waals surface area (Å²) >= 11 is 6.96. The minimum absolute atomic E-state index is 0.0454. The number of aromatic nitrogens is 2. The van der Waals surface area contributed by atoms with Gasteiger partial charge in [-0.2, -0.15) is 0 Å². The molecule has 0 bridgehead atoms. The van der Waals surface area contributed by atoms with E-state index in [2.05, 4.69) is 15.5 Å². The smallest absolute Gasteiger partial charge is 0.277 e. The minimum Gasteiger partial charge on any atom is -0.411 e. The lowest BCUT2D eigenvalue weighted by molar-refractivity contribution is -0.384. The van der Waals surface area contributed by atoms with Gasteiger partial charge in [-0.25, -0.2) is 0 Å². The predicted octanol–water partition coefficient (Wildman–Crippen LogP) is 4.42. The van der Waals surface area contributed by atoms with E-state index in [1.807, 2.05) is 0 Å². The highest BCUT2D eigenvalue weighted by Crippen LogP contribution is 2.27. The normalized spacial score (nSPS) is 11.8. The first kappa shape index (κ1) is 18.9. The summed E-state index contributed by atoms with van der Waals surface area (Å²) in [6.45, 7) is 1.69. The van der Waals surface area contributed by atoms with E-state index in [0.717, 1.165) is 17.3 Å². The van der Waals surface area contributed by atoms with Crippen LogP contribution in [0.4, 0.5) is 11.4 Å². The summed E-state index contributed by atoms with van der Waals surface area (Å²) < 4.78 is 5.57. The Bertz CT molecular complexity index is 960. The van der Waals surface area contributed by atoms with Crippen molar-refractivity contribution in [1.29, 1.82) is 0 Å². The standard InChI is InChI=1S/C17H13ClN4O4S/c1-10(15(23)19-13-6-8-14(9-7-13)22(24)25)27-17-21-20-16(26-17)11-2-4-12(18)5-3-11/h2-10H,1H3,(H,19,23). The maximum absolute atomic E-state index is 12.3. The number of nitro benzene ring substituents is 1. The van der Waals surface area contributed by atoms with Crippen molar-refractivity contribution in [2.24, 2.45) is 0 Å². The summed E-state index contributed by atoms with van der Waals surface area (Å²) in [5, 5.41) is 21.6. The summed E-state index contributed by atoms with van der Waals surface area (Å²) in [7, 11) is 0. The first-order valence-corrected chi connectivity index (χ1v) is 8.99. The van der Waals surface area contributed by atoms with Crippen LogP contribution in [0.2, 0.25) is 5.02 Å². The Morgan fingerprint density at radius 3 is 2.48 bits per heavy atom. The quantitative estimate of drug-likeness (QED) is 0.367. The van der Waals surface area contributed by atoms with Gasteiger partial charge >= 0.3 is 0 Å². The zero-order chi connectivity index (χ0) is 19.4.